The highest BCUT2D eigenvalue weighted by Gasteiger charge is 2.26. The third-order valence-corrected chi connectivity index (χ3v) is 8.58. The summed E-state index contributed by atoms with van der Waals surface area (Å²) in [5.41, 5.74) is 10.6. The minimum absolute atomic E-state index is 0.330. The van der Waals surface area contributed by atoms with E-state index >= 15 is 0 Å². The van der Waals surface area contributed by atoms with Crippen molar-refractivity contribution in [3.8, 4) is 11.5 Å². The number of rotatable bonds is 0. The highest BCUT2D eigenvalue weighted by molar-refractivity contribution is 9.10. The molecule has 0 bridgehead atoms. The molecule has 0 aliphatic carbocycles. The molecular formula is C24H30Br2O2. The van der Waals surface area contributed by atoms with Gasteiger partial charge >= 0.3 is 0 Å². The van der Waals surface area contributed by atoms with Crippen molar-refractivity contribution in [2.75, 3.05) is 0 Å². The summed E-state index contributed by atoms with van der Waals surface area (Å²) in [5.74, 6) is 2.24. The first kappa shape index (κ1) is 21.7. The van der Waals surface area contributed by atoms with Crippen molar-refractivity contribution >= 4 is 31.9 Å². The molecule has 0 saturated heterocycles. The highest BCUT2D eigenvalue weighted by Crippen LogP contribution is 2.41. The summed E-state index contributed by atoms with van der Waals surface area (Å²) in [5, 5.41) is 0. The van der Waals surface area contributed by atoms with Crippen molar-refractivity contribution < 1.29 is 9.47 Å². The van der Waals surface area contributed by atoms with Gasteiger partial charge in [0, 0.05) is 32.9 Å². The number of hydrogen-bond acceptors (Lipinski definition) is 2. The molecule has 28 heavy (non-hydrogen) atoms. The van der Waals surface area contributed by atoms with E-state index in [4.69, 9.17) is 9.47 Å². The molecule has 4 heteroatoms. The summed E-state index contributed by atoms with van der Waals surface area (Å²) >= 11 is 7.30. The van der Waals surface area contributed by atoms with Crippen LogP contribution in [0.2, 0.25) is 0 Å². The average molecular weight is 510 g/mol. The molecule has 2 nitrogen and oxygen atoms in total. The molecule has 1 unspecified atom stereocenters. The van der Waals surface area contributed by atoms with E-state index in [0.717, 1.165) is 24.3 Å². The molecule has 0 fully saturated rings. The van der Waals surface area contributed by atoms with Crippen molar-refractivity contribution in [3.63, 3.8) is 0 Å². The summed E-state index contributed by atoms with van der Waals surface area (Å²) in [4.78, 5) is 0. The predicted molar refractivity (Wildman–Crippen MR) is 124 cm³/mol. The fourth-order valence-corrected chi connectivity index (χ4v) is 5.24. The molecular weight excluding hydrogens is 480 g/mol. The van der Waals surface area contributed by atoms with Crippen LogP contribution in [-0.4, -0.2) is 12.2 Å². The van der Waals surface area contributed by atoms with Gasteiger partial charge < -0.3 is 9.47 Å². The van der Waals surface area contributed by atoms with E-state index in [1.54, 1.807) is 0 Å². The van der Waals surface area contributed by atoms with Crippen LogP contribution in [-0.2, 0) is 12.8 Å². The number of hydrogen-bond donors (Lipinski definition) is 0. The Morgan fingerprint density at radius 2 is 0.893 bits per heavy atom. The van der Waals surface area contributed by atoms with Crippen LogP contribution in [0.1, 0.15) is 58.4 Å². The summed E-state index contributed by atoms with van der Waals surface area (Å²) in [6.45, 7) is 17.1. The fourth-order valence-electron chi connectivity index (χ4n) is 4.16. The van der Waals surface area contributed by atoms with Crippen molar-refractivity contribution in [2.24, 2.45) is 0 Å². The molecule has 0 N–H and O–H groups in total. The quantitative estimate of drug-likeness (QED) is 0.368. The minimum Gasteiger partial charge on any atom is -0.490 e. The summed E-state index contributed by atoms with van der Waals surface area (Å²) < 4.78 is 14.2. The van der Waals surface area contributed by atoms with Crippen molar-refractivity contribution in [2.45, 2.75) is 80.4 Å². The molecule has 4 rings (SSSR count). The zero-order valence-corrected chi connectivity index (χ0v) is 21.3. The lowest BCUT2D eigenvalue weighted by atomic mass is 9.98. The molecule has 2 aromatic carbocycles. The van der Waals surface area contributed by atoms with Gasteiger partial charge in [0.1, 0.15) is 23.7 Å². The van der Waals surface area contributed by atoms with Crippen LogP contribution in [0.15, 0.2) is 8.95 Å². The number of fused-ring (bicyclic) bond motifs is 2. The number of halogens is 2. The first-order valence-electron chi connectivity index (χ1n) is 9.94. The van der Waals surface area contributed by atoms with Crippen molar-refractivity contribution in [1.29, 1.82) is 0 Å². The maximum Gasteiger partial charge on any atom is 0.126 e. The van der Waals surface area contributed by atoms with Gasteiger partial charge in [-0.2, -0.15) is 0 Å². The standard InChI is InChI=1S/2C12H15BrO/c2*1-6-5-10-9(4)11(13)7(2)8(3)12(10)14-6/h2*6H,5H2,1-4H3/t6-;/m0./s1. The Morgan fingerprint density at radius 3 is 1.21 bits per heavy atom. The number of ether oxygens (including phenoxy) is 2. The first-order chi connectivity index (χ1) is 13.0. The molecule has 2 atom stereocenters. The van der Waals surface area contributed by atoms with Crippen LogP contribution in [0.5, 0.6) is 11.5 Å². The highest BCUT2D eigenvalue weighted by atomic mass is 79.9. The largest absolute Gasteiger partial charge is 0.490 e. The van der Waals surface area contributed by atoms with E-state index in [1.165, 1.54) is 53.5 Å². The Labute approximate surface area is 186 Å². The molecule has 0 spiro atoms. The van der Waals surface area contributed by atoms with E-state index in [-0.39, 0.29) is 0 Å². The van der Waals surface area contributed by atoms with Crippen LogP contribution < -0.4 is 9.47 Å². The lowest BCUT2D eigenvalue weighted by molar-refractivity contribution is 0.253. The van der Waals surface area contributed by atoms with E-state index in [1.807, 2.05) is 0 Å². The van der Waals surface area contributed by atoms with Gasteiger partial charge in [0.2, 0.25) is 0 Å². The Balaban J connectivity index is 0.000000161. The second kappa shape index (κ2) is 8.02. The molecule has 152 valence electrons. The Bertz CT molecular complexity index is 796. The molecule has 2 heterocycles. The molecule has 2 aliphatic rings. The normalized spacial score (nSPS) is 19.4. The van der Waals surface area contributed by atoms with E-state index in [0.29, 0.717) is 12.2 Å². The van der Waals surface area contributed by atoms with Crippen molar-refractivity contribution in [1.82, 2.24) is 0 Å². The van der Waals surface area contributed by atoms with Gasteiger partial charge in [-0.05, 0) is 88.8 Å². The lowest BCUT2D eigenvalue weighted by Gasteiger charge is -2.13. The average Bonchev–Trinajstić information content (AvgIpc) is 3.25. The monoisotopic (exact) mass is 508 g/mol. The zero-order valence-electron chi connectivity index (χ0n) is 18.1. The summed E-state index contributed by atoms with van der Waals surface area (Å²) in [6.07, 6.45) is 2.74. The predicted octanol–water partition coefficient (Wildman–Crippen LogP) is 7.40. The van der Waals surface area contributed by atoms with Crippen LogP contribution in [0.25, 0.3) is 0 Å². The number of benzene rings is 2. The fraction of sp³-hybridized carbons (Fsp3) is 0.500. The molecule has 0 radical (unpaired) electrons. The third-order valence-electron chi connectivity index (χ3n) is 6.20. The zero-order chi connectivity index (χ0) is 20.9. The molecule has 2 aromatic rings. The second-order valence-corrected chi connectivity index (χ2v) is 9.84. The molecule has 0 saturated carbocycles. The summed E-state index contributed by atoms with van der Waals surface area (Å²) in [6, 6.07) is 0. The lowest BCUT2D eigenvalue weighted by Crippen LogP contribution is -2.05. The topological polar surface area (TPSA) is 18.5 Å². The van der Waals surface area contributed by atoms with Gasteiger partial charge in [0.15, 0.2) is 0 Å². The van der Waals surface area contributed by atoms with E-state index < -0.39 is 0 Å². The van der Waals surface area contributed by atoms with Gasteiger partial charge in [-0.3, -0.25) is 0 Å². The van der Waals surface area contributed by atoms with Gasteiger partial charge in [-0.1, -0.05) is 31.9 Å². The van der Waals surface area contributed by atoms with E-state index in [2.05, 4.69) is 87.2 Å². The van der Waals surface area contributed by atoms with Gasteiger partial charge in [-0.15, -0.1) is 0 Å². The SMILES string of the molecule is Cc1c(C)c2c(c(C)c1Br)CC(C)O2.Cc1c(C)c2c(c(C)c1Br)C[C@H](C)O2. The maximum atomic E-state index is 5.83. The molecule has 0 aromatic heterocycles. The smallest absolute Gasteiger partial charge is 0.126 e. The molecule has 2 aliphatic heterocycles. The van der Waals surface area contributed by atoms with Crippen LogP contribution >= 0.6 is 31.9 Å². The summed E-state index contributed by atoms with van der Waals surface area (Å²) in [7, 11) is 0. The van der Waals surface area contributed by atoms with Crippen LogP contribution in [0.3, 0.4) is 0 Å². The van der Waals surface area contributed by atoms with Crippen molar-refractivity contribution in [3.05, 3.63) is 53.5 Å². The Morgan fingerprint density at radius 1 is 0.571 bits per heavy atom. The Kier molecular flexibility index (Phi) is 6.22. The third kappa shape index (κ3) is 3.63. The van der Waals surface area contributed by atoms with Gasteiger partial charge in [0.25, 0.3) is 0 Å². The van der Waals surface area contributed by atoms with Crippen LogP contribution in [0, 0.1) is 41.5 Å². The second-order valence-electron chi connectivity index (χ2n) is 8.26. The molecule has 0 amide bonds. The van der Waals surface area contributed by atoms with E-state index in [9.17, 15) is 0 Å². The van der Waals surface area contributed by atoms with Crippen LogP contribution in [0.4, 0.5) is 0 Å². The van der Waals surface area contributed by atoms with Gasteiger partial charge in [0.05, 0.1) is 0 Å². The Hall–Kier alpha value is -1.000. The minimum atomic E-state index is 0.330. The van der Waals surface area contributed by atoms with Gasteiger partial charge in [-0.25, -0.2) is 0 Å². The maximum absolute atomic E-state index is 5.83. The first-order valence-corrected chi connectivity index (χ1v) is 11.5.